The van der Waals surface area contributed by atoms with Crippen molar-refractivity contribution in [1.82, 2.24) is 15.1 Å². The summed E-state index contributed by atoms with van der Waals surface area (Å²) in [5, 5.41) is 27.1. The van der Waals surface area contributed by atoms with E-state index in [9.17, 15) is 15.0 Å². The van der Waals surface area contributed by atoms with Crippen molar-refractivity contribution in [3.8, 4) is 34.0 Å². The molecule has 0 radical (unpaired) electrons. The zero-order chi connectivity index (χ0) is 23.4. The van der Waals surface area contributed by atoms with Gasteiger partial charge in [0.25, 0.3) is 0 Å². The Balaban J connectivity index is 1.60. The third-order valence-corrected chi connectivity index (χ3v) is 5.67. The Labute approximate surface area is 192 Å². The van der Waals surface area contributed by atoms with E-state index in [1.807, 2.05) is 61.5 Å². The smallest absolute Gasteiger partial charge is 0.323 e. The van der Waals surface area contributed by atoms with Crippen molar-refractivity contribution in [2.24, 2.45) is 0 Å². The molecular weight excluding hydrogens is 418 g/mol. The predicted molar refractivity (Wildman–Crippen MR) is 125 cm³/mol. The van der Waals surface area contributed by atoms with E-state index >= 15 is 0 Å². The van der Waals surface area contributed by atoms with Gasteiger partial charge in [-0.1, -0.05) is 54.6 Å². The van der Waals surface area contributed by atoms with Crippen molar-refractivity contribution in [1.29, 1.82) is 0 Å². The van der Waals surface area contributed by atoms with Crippen LogP contribution in [-0.2, 0) is 11.3 Å². The third-order valence-electron chi connectivity index (χ3n) is 5.67. The van der Waals surface area contributed by atoms with Crippen LogP contribution in [-0.4, -0.2) is 51.0 Å². The molecule has 7 heteroatoms. The Kier molecular flexibility index (Phi) is 6.63. The van der Waals surface area contributed by atoms with Gasteiger partial charge < -0.3 is 14.6 Å². The minimum Gasteiger partial charge on any atom is -0.480 e. The summed E-state index contributed by atoms with van der Waals surface area (Å²) < 4.78 is 6.02. The molecule has 0 bridgehead atoms. The fourth-order valence-corrected chi connectivity index (χ4v) is 3.85. The number of likely N-dealkylation sites (N-methyl/N-ethyl adjacent to an activating group) is 1. The summed E-state index contributed by atoms with van der Waals surface area (Å²) in [6.45, 7) is 1.93. The van der Waals surface area contributed by atoms with Gasteiger partial charge in [-0.15, -0.1) is 10.2 Å². The molecule has 168 valence electrons. The van der Waals surface area contributed by atoms with Gasteiger partial charge in [0, 0.05) is 17.7 Å². The quantitative estimate of drug-likeness (QED) is 0.420. The van der Waals surface area contributed by atoms with Crippen LogP contribution in [0.2, 0.25) is 0 Å². The fourth-order valence-electron chi connectivity index (χ4n) is 3.85. The van der Waals surface area contributed by atoms with Crippen LogP contribution >= 0.6 is 0 Å². The number of nitrogens with zero attached hydrogens (tertiary/aromatic N) is 3. The molecule has 0 amide bonds. The largest absolute Gasteiger partial charge is 0.480 e. The number of aliphatic hydroxyl groups is 1. The molecule has 1 aromatic heterocycles. The molecule has 0 aliphatic heterocycles. The molecular formula is C26H25N3O4. The van der Waals surface area contributed by atoms with Gasteiger partial charge in [0.15, 0.2) is 0 Å². The van der Waals surface area contributed by atoms with Gasteiger partial charge in [0.2, 0.25) is 11.8 Å². The molecule has 0 saturated heterocycles. The summed E-state index contributed by atoms with van der Waals surface area (Å²) in [7, 11) is 1.66. The molecule has 2 N–H and O–H groups in total. The maximum atomic E-state index is 11.3. The summed E-state index contributed by atoms with van der Waals surface area (Å²) in [6, 6.07) is 22.7. The number of carbonyl (C=O) groups is 1. The molecule has 0 spiro atoms. The number of benzene rings is 3. The average Bonchev–Trinajstić information content (AvgIpc) is 3.30. The number of carboxylic acid groups (broad SMARTS) is 1. The van der Waals surface area contributed by atoms with E-state index in [1.54, 1.807) is 11.9 Å². The first-order valence-electron chi connectivity index (χ1n) is 10.6. The van der Waals surface area contributed by atoms with Crippen LogP contribution < -0.4 is 0 Å². The van der Waals surface area contributed by atoms with Gasteiger partial charge in [0.05, 0.1) is 6.61 Å². The van der Waals surface area contributed by atoms with E-state index in [4.69, 9.17) is 4.42 Å². The van der Waals surface area contributed by atoms with Gasteiger partial charge in [-0.2, -0.15) is 0 Å². The number of rotatable bonds is 8. The highest BCUT2D eigenvalue weighted by Crippen LogP contribution is 2.32. The highest BCUT2D eigenvalue weighted by atomic mass is 16.4. The van der Waals surface area contributed by atoms with Crippen LogP contribution in [0.3, 0.4) is 0 Å². The second-order valence-corrected chi connectivity index (χ2v) is 7.91. The Morgan fingerprint density at radius 1 is 0.939 bits per heavy atom. The monoisotopic (exact) mass is 443 g/mol. The van der Waals surface area contributed by atoms with E-state index < -0.39 is 18.6 Å². The van der Waals surface area contributed by atoms with E-state index in [1.165, 1.54) is 0 Å². The number of hydrogen-bond donors (Lipinski definition) is 2. The molecule has 0 saturated carbocycles. The summed E-state index contributed by atoms with van der Waals surface area (Å²) in [5.74, 6) is -0.240. The number of aliphatic carboxylic acids is 1. The Hall–Kier alpha value is -3.81. The highest BCUT2D eigenvalue weighted by Gasteiger charge is 2.22. The topological polar surface area (TPSA) is 99.7 Å². The molecule has 33 heavy (non-hydrogen) atoms. The summed E-state index contributed by atoms with van der Waals surface area (Å²) in [4.78, 5) is 12.9. The Morgan fingerprint density at radius 3 is 2.33 bits per heavy atom. The van der Waals surface area contributed by atoms with Crippen LogP contribution in [0.25, 0.3) is 34.0 Å². The van der Waals surface area contributed by atoms with E-state index in [0.29, 0.717) is 18.3 Å². The molecule has 3 aromatic carbocycles. The molecule has 1 atom stereocenters. The molecule has 0 aliphatic carbocycles. The van der Waals surface area contributed by atoms with Crippen LogP contribution in [0.1, 0.15) is 11.1 Å². The molecule has 4 aromatic rings. The maximum absolute atomic E-state index is 11.3. The van der Waals surface area contributed by atoms with Crippen molar-refractivity contribution in [3.63, 3.8) is 0 Å². The average molecular weight is 444 g/mol. The van der Waals surface area contributed by atoms with Crippen molar-refractivity contribution in [3.05, 3.63) is 83.9 Å². The van der Waals surface area contributed by atoms with Gasteiger partial charge in [-0.25, -0.2) is 0 Å². The Bertz CT molecular complexity index is 1250. The number of hydrogen-bond acceptors (Lipinski definition) is 6. The first-order chi connectivity index (χ1) is 16.0. The lowest BCUT2D eigenvalue weighted by Crippen LogP contribution is -2.40. The lowest BCUT2D eigenvalue weighted by molar-refractivity contribution is -0.144. The zero-order valence-electron chi connectivity index (χ0n) is 18.5. The lowest BCUT2D eigenvalue weighted by atomic mass is 9.96. The maximum Gasteiger partial charge on any atom is 0.323 e. The van der Waals surface area contributed by atoms with Crippen molar-refractivity contribution in [2.75, 3.05) is 13.7 Å². The molecule has 4 rings (SSSR count). The number of carboxylic acids is 1. The molecule has 0 aliphatic rings. The second-order valence-electron chi connectivity index (χ2n) is 7.91. The summed E-state index contributed by atoms with van der Waals surface area (Å²) in [5.41, 5.74) is 5.77. The molecule has 7 nitrogen and oxygen atoms in total. The normalized spacial score (nSPS) is 12.1. The fraction of sp³-hybridized carbons (Fsp3) is 0.192. The zero-order valence-corrected chi connectivity index (χ0v) is 18.5. The lowest BCUT2D eigenvalue weighted by Gasteiger charge is -2.22. The van der Waals surface area contributed by atoms with Crippen LogP contribution in [0.15, 0.2) is 77.2 Å². The van der Waals surface area contributed by atoms with Crippen molar-refractivity contribution in [2.45, 2.75) is 19.5 Å². The van der Waals surface area contributed by atoms with Crippen molar-refractivity contribution < 1.29 is 19.4 Å². The van der Waals surface area contributed by atoms with Gasteiger partial charge in [0.1, 0.15) is 6.04 Å². The first kappa shape index (κ1) is 22.4. The van der Waals surface area contributed by atoms with E-state index in [0.717, 1.165) is 33.4 Å². The van der Waals surface area contributed by atoms with Gasteiger partial charge in [-0.3, -0.25) is 9.69 Å². The molecule has 0 fully saturated rings. The number of aliphatic hydroxyl groups excluding tert-OH is 1. The Morgan fingerprint density at radius 2 is 1.61 bits per heavy atom. The van der Waals surface area contributed by atoms with Gasteiger partial charge in [-0.05, 0) is 54.4 Å². The second kappa shape index (κ2) is 9.77. The molecule has 0 unspecified atom stereocenters. The van der Waals surface area contributed by atoms with E-state index in [2.05, 4.69) is 28.4 Å². The van der Waals surface area contributed by atoms with Crippen molar-refractivity contribution >= 4 is 5.97 Å². The number of aromatic nitrogens is 2. The predicted octanol–water partition coefficient (Wildman–Crippen LogP) is 4.26. The highest BCUT2D eigenvalue weighted by molar-refractivity contribution is 5.75. The van der Waals surface area contributed by atoms with E-state index in [-0.39, 0.29) is 0 Å². The third kappa shape index (κ3) is 4.84. The minimum absolute atomic E-state index is 0.352. The van der Waals surface area contributed by atoms with Crippen LogP contribution in [0.5, 0.6) is 0 Å². The standard InChI is InChI=1S/C26H25N3O4/c1-17-21(19-9-4-3-5-10-19)12-7-13-22(17)25-28-27-24(33-25)20-11-6-8-18(14-20)15-29(2)23(16-30)26(31)32/h3-14,23,30H,15-16H2,1-2H3,(H,31,32)/t23-/m0/s1. The van der Waals surface area contributed by atoms with Crippen LogP contribution in [0, 0.1) is 6.92 Å². The molecule has 1 heterocycles. The van der Waals surface area contributed by atoms with Crippen LogP contribution in [0.4, 0.5) is 0 Å². The SMILES string of the molecule is Cc1c(-c2ccccc2)cccc1-c1nnc(-c2cccc(CN(C)[C@@H](CO)C(=O)O)c2)o1. The first-order valence-corrected chi connectivity index (χ1v) is 10.6. The summed E-state index contributed by atoms with van der Waals surface area (Å²) in [6.07, 6.45) is 0. The minimum atomic E-state index is -1.06. The summed E-state index contributed by atoms with van der Waals surface area (Å²) >= 11 is 0. The van der Waals surface area contributed by atoms with Gasteiger partial charge >= 0.3 is 5.97 Å².